The molecule has 0 aliphatic rings. The Morgan fingerprint density at radius 3 is 1.83 bits per heavy atom. The first-order chi connectivity index (χ1) is 14.4. The van der Waals surface area contributed by atoms with Crippen LogP contribution < -0.4 is 0 Å². The summed E-state index contributed by atoms with van der Waals surface area (Å²) in [5.41, 5.74) is 2.94. The highest BCUT2D eigenvalue weighted by molar-refractivity contribution is 5.24. The van der Waals surface area contributed by atoms with E-state index >= 15 is 0 Å². The minimum Gasteiger partial charge on any atom is -0.324 e. The normalized spacial score (nSPS) is 13.2. The third-order valence-corrected chi connectivity index (χ3v) is 6.75. The highest BCUT2D eigenvalue weighted by Crippen LogP contribution is 2.20. The van der Waals surface area contributed by atoms with Gasteiger partial charge in [0.1, 0.15) is 6.54 Å². The monoisotopic (exact) mass is 417 g/mol. The van der Waals surface area contributed by atoms with Crippen molar-refractivity contribution >= 4 is 0 Å². The van der Waals surface area contributed by atoms with Crippen LogP contribution in [0, 0.1) is 0 Å². The second kappa shape index (κ2) is 15.9. The van der Waals surface area contributed by atoms with Gasteiger partial charge in [0.2, 0.25) is 0 Å². The quantitative estimate of drug-likeness (QED) is 0.175. The van der Waals surface area contributed by atoms with Gasteiger partial charge in [-0.15, -0.1) is 0 Å². The fourth-order valence-corrected chi connectivity index (χ4v) is 4.18. The van der Waals surface area contributed by atoms with Crippen LogP contribution >= 0.6 is 0 Å². The average Bonchev–Trinajstić information content (AvgIpc) is 2.73. The van der Waals surface area contributed by atoms with Crippen LogP contribution in [0.25, 0.3) is 0 Å². The van der Waals surface area contributed by atoms with Crippen molar-refractivity contribution in [1.29, 1.82) is 0 Å². The van der Waals surface area contributed by atoms with Gasteiger partial charge < -0.3 is 9.38 Å². The number of rotatable bonds is 18. The number of quaternary nitrogens is 1. The van der Waals surface area contributed by atoms with Crippen LogP contribution in [0.1, 0.15) is 108 Å². The molecule has 0 radical (unpaired) electrons. The van der Waals surface area contributed by atoms with Crippen molar-refractivity contribution in [2.75, 3.05) is 40.8 Å². The Morgan fingerprint density at radius 2 is 1.30 bits per heavy atom. The molecule has 174 valence electrons. The predicted molar refractivity (Wildman–Crippen MR) is 135 cm³/mol. The van der Waals surface area contributed by atoms with Crippen molar-refractivity contribution in [1.82, 2.24) is 4.90 Å². The van der Waals surface area contributed by atoms with Crippen LogP contribution in [0.15, 0.2) is 24.3 Å². The van der Waals surface area contributed by atoms with Gasteiger partial charge in [-0.25, -0.2) is 0 Å². The minimum absolute atomic E-state index is 0.668. The van der Waals surface area contributed by atoms with Crippen LogP contribution in [-0.4, -0.2) is 50.2 Å². The molecule has 0 aliphatic heterocycles. The molecular weight excluding hydrogens is 364 g/mol. The van der Waals surface area contributed by atoms with Gasteiger partial charge in [-0.05, 0) is 37.9 Å². The highest BCUT2D eigenvalue weighted by Gasteiger charge is 2.17. The topological polar surface area (TPSA) is 3.24 Å². The molecule has 0 fully saturated rings. The molecule has 0 heterocycles. The summed E-state index contributed by atoms with van der Waals surface area (Å²) in [4.78, 5) is 2.54. The summed E-state index contributed by atoms with van der Waals surface area (Å²) in [5, 5.41) is 0. The Kier molecular flexibility index (Phi) is 14.4. The van der Waals surface area contributed by atoms with Gasteiger partial charge in [0.05, 0.1) is 20.6 Å². The molecule has 2 nitrogen and oxygen atoms in total. The largest absolute Gasteiger partial charge is 0.324 e. The van der Waals surface area contributed by atoms with Crippen molar-refractivity contribution in [3.05, 3.63) is 35.4 Å². The van der Waals surface area contributed by atoms with Gasteiger partial charge in [-0.1, -0.05) is 103 Å². The molecule has 0 bridgehead atoms. The number of unbranched alkanes of at least 4 members (excludes halogenated alkanes) is 9. The number of likely N-dealkylation sites (N-methyl/N-ethyl adjacent to an activating group) is 2. The molecule has 1 unspecified atom stereocenters. The third kappa shape index (κ3) is 12.7. The fraction of sp³-hybridized carbons (Fsp3) is 0.786. The lowest BCUT2D eigenvalue weighted by atomic mass is 9.97. The lowest BCUT2D eigenvalue weighted by Crippen LogP contribution is -2.44. The number of nitrogens with zero attached hydrogens (tertiary/aromatic N) is 2. The first-order valence-corrected chi connectivity index (χ1v) is 13.0. The molecule has 1 rings (SSSR count). The van der Waals surface area contributed by atoms with E-state index in [1.54, 1.807) is 0 Å². The summed E-state index contributed by atoms with van der Waals surface area (Å²) in [6, 6.07) is 9.35. The summed E-state index contributed by atoms with van der Waals surface area (Å²) in [6.45, 7) is 11.7. The van der Waals surface area contributed by atoms with Crippen LogP contribution in [0.3, 0.4) is 0 Å². The van der Waals surface area contributed by atoms with Crippen LogP contribution in [0.5, 0.6) is 0 Å². The van der Waals surface area contributed by atoms with Crippen LogP contribution in [-0.2, 0) is 6.54 Å². The van der Waals surface area contributed by atoms with E-state index in [4.69, 9.17) is 0 Å². The van der Waals surface area contributed by atoms with Crippen molar-refractivity contribution in [3.8, 4) is 0 Å². The number of benzene rings is 1. The Balaban J connectivity index is 2.14. The molecule has 0 saturated heterocycles. The van der Waals surface area contributed by atoms with E-state index in [-0.39, 0.29) is 0 Å². The van der Waals surface area contributed by atoms with Crippen molar-refractivity contribution in [2.45, 2.75) is 104 Å². The zero-order valence-corrected chi connectivity index (χ0v) is 21.4. The second-order valence-corrected chi connectivity index (χ2v) is 10.4. The fourth-order valence-electron chi connectivity index (χ4n) is 4.18. The summed E-state index contributed by atoms with van der Waals surface area (Å²) < 4.78 is 1.06. The Bertz CT molecular complexity index is 520. The Hall–Kier alpha value is -0.860. The van der Waals surface area contributed by atoms with Gasteiger partial charge in [-0.3, -0.25) is 0 Å². The summed E-state index contributed by atoms with van der Waals surface area (Å²) >= 11 is 0. The van der Waals surface area contributed by atoms with E-state index in [0.29, 0.717) is 5.92 Å². The van der Waals surface area contributed by atoms with E-state index < -0.39 is 0 Å². The zero-order valence-electron chi connectivity index (χ0n) is 21.4. The van der Waals surface area contributed by atoms with Gasteiger partial charge in [0.25, 0.3) is 0 Å². The Labute approximate surface area is 189 Å². The molecule has 0 spiro atoms. The summed E-state index contributed by atoms with van der Waals surface area (Å²) in [5.74, 6) is 0.668. The molecule has 0 aliphatic carbocycles. The van der Waals surface area contributed by atoms with Gasteiger partial charge >= 0.3 is 0 Å². The molecule has 1 aromatic carbocycles. The van der Waals surface area contributed by atoms with E-state index in [1.807, 2.05) is 0 Å². The van der Waals surface area contributed by atoms with Crippen LogP contribution in [0.2, 0.25) is 0 Å². The van der Waals surface area contributed by atoms with E-state index in [0.717, 1.165) is 11.0 Å². The first-order valence-electron chi connectivity index (χ1n) is 13.0. The Morgan fingerprint density at radius 1 is 0.767 bits per heavy atom. The van der Waals surface area contributed by atoms with Crippen LogP contribution in [0.4, 0.5) is 0 Å². The predicted octanol–water partition coefficient (Wildman–Crippen LogP) is 7.63. The molecule has 0 aromatic heterocycles. The number of hydrogen-bond donors (Lipinski definition) is 0. The average molecular weight is 418 g/mol. The number of hydrogen-bond acceptors (Lipinski definition) is 1. The van der Waals surface area contributed by atoms with E-state index in [2.05, 4.69) is 71.1 Å². The van der Waals surface area contributed by atoms with E-state index in [1.165, 1.54) is 101 Å². The molecule has 0 amide bonds. The minimum atomic E-state index is 0.668. The van der Waals surface area contributed by atoms with Gasteiger partial charge in [-0.2, -0.15) is 0 Å². The standard InChI is InChI=1S/C28H53N2/c1-7-9-10-11-12-13-14-15-16-17-22-29(4)23-24-30(5,6)25-27-18-20-28(21-19-27)26(3)8-2/h18-21,26H,7-17,22-25H2,1-6H3/q+1. The maximum atomic E-state index is 2.54. The van der Waals surface area contributed by atoms with Gasteiger partial charge in [0, 0.05) is 12.1 Å². The van der Waals surface area contributed by atoms with Gasteiger partial charge in [0.15, 0.2) is 0 Å². The molecular formula is C28H53N2+. The smallest absolute Gasteiger partial charge is 0.104 e. The molecule has 30 heavy (non-hydrogen) atoms. The molecule has 0 saturated carbocycles. The molecule has 2 heteroatoms. The van der Waals surface area contributed by atoms with Crippen molar-refractivity contribution in [2.24, 2.45) is 0 Å². The molecule has 1 atom stereocenters. The highest BCUT2D eigenvalue weighted by atomic mass is 15.3. The third-order valence-electron chi connectivity index (χ3n) is 6.75. The summed E-state index contributed by atoms with van der Waals surface area (Å²) in [6.07, 6.45) is 15.4. The lowest BCUT2D eigenvalue weighted by Gasteiger charge is -2.32. The van der Waals surface area contributed by atoms with Crippen molar-refractivity contribution < 1.29 is 4.48 Å². The lowest BCUT2D eigenvalue weighted by molar-refractivity contribution is -0.903. The molecule has 1 aromatic rings. The second-order valence-electron chi connectivity index (χ2n) is 10.4. The maximum absolute atomic E-state index is 2.54. The molecule has 0 N–H and O–H groups in total. The summed E-state index contributed by atoms with van der Waals surface area (Å²) in [7, 11) is 7.04. The maximum Gasteiger partial charge on any atom is 0.104 e. The van der Waals surface area contributed by atoms with Crippen molar-refractivity contribution in [3.63, 3.8) is 0 Å². The first kappa shape index (κ1) is 27.2. The SMILES string of the molecule is CCCCCCCCCCCCN(C)CC[N+](C)(C)Cc1ccc(C(C)CC)cc1. The zero-order chi connectivity index (χ0) is 22.2. The van der Waals surface area contributed by atoms with E-state index in [9.17, 15) is 0 Å².